The number of hydrogen-bond acceptors (Lipinski definition) is 3. The summed E-state index contributed by atoms with van der Waals surface area (Å²) in [5, 5.41) is 2.86. The first-order chi connectivity index (χ1) is 11.7. The van der Waals surface area contributed by atoms with Gasteiger partial charge in [0.05, 0.1) is 0 Å². The Morgan fingerprint density at radius 3 is 2.29 bits per heavy atom. The molecule has 1 amide bonds. The summed E-state index contributed by atoms with van der Waals surface area (Å²) >= 11 is 0. The van der Waals surface area contributed by atoms with Gasteiger partial charge in [0.25, 0.3) is 0 Å². The number of benzene rings is 2. The highest BCUT2D eigenvalue weighted by atomic mass is 16.1. The minimum absolute atomic E-state index is 0.0212. The quantitative estimate of drug-likeness (QED) is 0.545. The maximum atomic E-state index is 12.4. The van der Waals surface area contributed by atoms with E-state index in [1.54, 1.807) is 36.4 Å². The van der Waals surface area contributed by atoms with Crippen LogP contribution in [0.25, 0.3) is 0 Å². The highest BCUT2D eigenvalue weighted by Crippen LogP contribution is 2.15. The van der Waals surface area contributed by atoms with Gasteiger partial charge in [-0.3, -0.25) is 9.59 Å². The number of nitrogens with two attached hydrogens (primary N) is 1. The van der Waals surface area contributed by atoms with Crippen LogP contribution in [0.1, 0.15) is 48.0 Å². The number of unbranched alkanes of at least 4 members (excludes halogenated alkanes) is 3. The van der Waals surface area contributed by atoms with Crippen LogP contribution >= 0.6 is 0 Å². The van der Waals surface area contributed by atoms with Gasteiger partial charge in [-0.1, -0.05) is 55.3 Å². The lowest BCUT2D eigenvalue weighted by Gasteiger charge is -2.07. The van der Waals surface area contributed by atoms with Crippen molar-refractivity contribution < 1.29 is 9.59 Å². The molecule has 2 aromatic carbocycles. The number of amides is 1. The van der Waals surface area contributed by atoms with E-state index in [1.165, 1.54) is 0 Å². The number of rotatable bonds is 9. The molecule has 4 heteroatoms. The van der Waals surface area contributed by atoms with Crippen molar-refractivity contribution in [1.82, 2.24) is 0 Å². The average molecular weight is 324 g/mol. The first kappa shape index (κ1) is 17.9. The van der Waals surface area contributed by atoms with Gasteiger partial charge in [0.1, 0.15) is 0 Å². The van der Waals surface area contributed by atoms with Crippen LogP contribution in [0, 0.1) is 0 Å². The van der Waals surface area contributed by atoms with E-state index < -0.39 is 0 Å². The summed E-state index contributed by atoms with van der Waals surface area (Å²) in [5.41, 5.74) is 7.31. The van der Waals surface area contributed by atoms with Crippen LogP contribution < -0.4 is 11.1 Å². The van der Waals surface area contributed by atoms with Gasteiger partial charge in [0.15, 0.2) is 5.78 Å². The van der Waals surface area contributed by atoms with Crippen molar-refractivity contribution >= 4 is 17.4 Å². The van der Waals surface area contributed by atoms with Crippen molar-refractivity contribution in [2.24, 2.45) is 5.73 Å². The summed E-state index contributed by atoms with van der Waals surface area (Å²) in [4.78, 5) is 24.4. The first-order valence-electron chi connectivity index (χ1n) is 8.40. The molecule has 126 valence electrons. The van der Waals surface area contributed by atoms with Gasteiger partial charge in [-0.2, -0.15) is 0 Å². The Kier molecular flexibility index (Phi) is 7.18. The van der Waals surface area contributed by atoms with Crippen molar-refractivity contribution in [1.29, 1.82) is 0 Å². The number of carbonyl (C=O) groups excluding carboxylic acids is 2. The zero-order chi connectivity index (χ0) is 17.2. The molecule has 0 atom stereocenters. The third-order valence-electron chi connectivity index (χ3n) is 3.80. The van der Waals surface area contributed by atoms with Gasteiger partial charge < -0.3 is 11.1 Å². The van der Waals surface area contributed by atoms with E-state index in [0.29, 0.717) is 29.8 Å². The fourth-order valence-electron chi connectivity index (χ4n) is 2.50. The zero-order valence-electron chi connectivity index (χ0n) is 13.8. The first-order valence-corrected chi connectivity index (χ1v) is 8.40. The molecule has 0 fully saturated rings. The molecule has 0 unspecified atom stereocenters. The van der Waals surface area contributed by atoms with Crippen LogP contribution in [0.4, 0.5) is 5.69 Å². The number of hydrogen-bond donors (Lipinski definition) is 2. The molecule has 0 saturated carbocycles. The number of nitrogens with one attached hydrogen (secondary N) is 1. The Balaban J connectivity index is 1.91. The Morgan fingerprint density at radius 1 is 0.833 bits per heavy atom. The van der Waals surface area contributed by atoms with Crippen molar-refractivity contribution in [3.63, 3.8) is 0 Å². The van der Waals surface area contributed by atoms with Crippen molar-refractivity contribution in [2.45, 2.75) is 32.1 Å². The molecule has 0 bridgehead atoms. The Labute approximate surface area is 143 Å². The molecule has 3 N–H and O–H groups in total. The fraction of sp³-hybridized carbons (Fsp3) is 0.300. The minimum Gasteiger partial charge on any atom is -0.330 e. The lowest BCUT2D eigenvalue weighted by atomic mass is 10.0. The molecule has 0 aliphatic carbocycles. The predicted molar refractivity (Wildman–Crippen MR) is 97.1 cm³/mol. The summed E-state index contributed by atoms with van der Waals surface area (Å²) in [6.07, 6.45) is 4.42. The Bertz CT molecular complexity index is 668. The van der Waals surface area contributed by atoms with Crippen LogP contribution in [-0.2, 0) is 4.79 Å². The molecule has 2 aromatic rings. The smallest absolute Gasteiger partial charge is 0.224 e. The maximum Gasteiger partial charge on any atom is 0.224 e. The van der Waals surface area contributed by atoms with Gasteiger partial charge in [-0.25, -0.2) is 0 Å². The standard InChI is InChI=1S/C20H24N2O2/c21-14-7-2-1-6-13-19(23)22-18-12-8-11-17(15-18)20(24)16-9-4-3-5-10-16/h3-5,8-12,15H,1-2,6-7,13-14,21H2,(H,22,23). The maximum absolute atomic E-state index is 12.4. The molecule has 24 heavy (non-hydrogen) atoms. The molecule has 2 rings (SSSR count). The van der Waals surface area contributed by atoms with Crippen molar-refractivity contribution in [2.75, 3.05) is 11.9 Å². The molecule has 0 heterocycles. The van der Waals surface area contributed by atoms with Crippen LogP contribution in [0.15, 0.2) is 54.6 Å². The fourth-order valence-corrected chi connectivity index (χ4v) is 2.50. The molecule has 0 saturated heterocycles. The van der Waals surface area contributed by atoms with Crippen molar-refractivity contribution in [3.8, 4) is 0 Å². The normalized spacial score (nSPS) is 10.4. The minimum atomic E-state index is -0.0477. The van der Waals surface area contributed by atoms with Crippen LogP contribution in [0.3, 0.4) is 0 Å². The lowest BCUT2D eigenvalue weighted by molar-refractivity contribution is -0.116. The zero-order valence-corrected chi connectivity index (χ0v) is 13.8. The van der Waals surface area contributed by atoms with E-state index in [1.807, 2.05) is 18.2 Å². The molecule has 4 nitrogen and oxygen atoms in total. The molecular weight excluding hydrogens is 300 g/mol. The van der Waals surface area contributed by atoms with Gasteiger partial charge in [-0.05, 0) is 31.5 Å². The second-order valence-corrected chi connectivity index (χ2v) is 5.78. The molecule has 0 aliphatic rings. The highest BCUT2D eigenvalue weighted by molar-refractivity contribution is 6.09. The summed E-state index contributed by atoms with van der Waals surface area (Å²) in [5.74, 6) is -0.0689. The summed E-state index contributed by atoms with van der Waals surface area (Å²) in [7, 11) is 0. The monoisotopic (exact) mass is 324 g/mol. The average Bonchev–Trinajstić information content (AvgIpc) is 2.62. The SMILES string of the molecule is NCCCCCCC(=O)Nc1cccc(C(=O)c2ccccc2)c1. The second kappa shape index (κ2) is 9.63. The summed E-state index contributed by atoms with van der Waals surface area (Å²) in [6.45, 7) is 0.703. The Hall–Kier alpha value is -2.46. The van der Waals surface area contributed by atoms with Gasteiger partial charge in [-0.15, -0.1) is 0 Å². The van der Waals surface area contributed by atoms with E-state index in [4.69, 9.17) is 5.73 Å². The molecule has 0 aromatic heterocycles. The third kappa shape index (κ3) is 5.63. The van der Waals surface area contributed by atoms with Crippen LogP contribution in [-0.4, -0.2) is 18.2 Å². The van der Waals surface area contributed by atoms with Crippen molar-refractivity contribution in [3.05, 3.63) is 65.7 Å². The van der Waals surface area contributed by atoms with E-state index in [9.17, 15) is 9.59 Å². The molecule has 0 spiro atoms. The van der Waals surface area contributed by atoms with Gasteiger partial charge >= 0.3 is 0 Å². The van der Waals surface area contributed by atoms with Crippen LogP contribution in [0.2, 0.25) is 0 Å². The van der Waals surface area contributed by atoms with Gasteiger partial charge in [0, 0.05) is 23.2 Å². The predicted octanol–water partition coefficient (Wildman–Crippen LogP) is 3.77. The van der Waals surface area contributed by atoms with E-state index in [-0.39, 0.29) is 11.7 Å². The number of carbonyl (C=O) groups is 2. The number of ketones is 1. The summed E-state index contributed by atoms with van der Waals surface area (Å²) in [6, 6.07) is 16.2. The largest absolute Gasteiger partial charge is 0.330 e. The van der Waals surface area contributed by atoms with Crippen LogP contribution in [0.5, 0.6) is 0 Å². The second-order valence-electron chi connectivity index (χ2n) is 5.78. The Morgan fingerprint density at radius 2 is 1.54 bits per heavy atom. The molecular formula is C20H24N2O2. The lowest BCUT2D eigenvalue weighted by Crippen LogP contribution is -2.12. The third-order valence-corrected chi connectivity index (χ3v) is 3.80. The molecule has 0 aliphatic heterocycles. The van der Waals surface area contributed by atoms with E-state index >= 15 is 0 Å². The highest BCUT2D eigenvalue weighted by Gasteiger charge is 2.10. The van der Waals surface area contributed by atoms with Gasteiger partial charge in [0.2, 0.25) is 5.91 Å². The molecule has 0 radical (unpaired) electrons. The van der Waals surface area contributed by atoms with E-state index in [0.717, 1.165) is 25.7 Å². The number of anilines is 1. The summed E-state index contributed by atoms with van der Waals surface area (Å²) < 4.78 is 0. The van der Waals surface area contributed by atoms with E-state index in [2.05, 4.69) is 5.32 Å². The topological polar surface area (TPSA) is 72.2 Å².